The minimum Gasteiger partial charge on any atom is -0.497 e. The van der Waals surface area contributed by atoms with Gasteiger partial charge in [0.25, 0.3) is 0 Å². The van der Waals surface area contributed by atoms with Gasteiger partial charge in [0.1, 0.15) is 5.75 Å². The van der Waals surface area contributed by atoms with E-state index in [2.05, 4.69) is 17.6 Å². The molecule has 0 saturated carbocycles. The molecule has 0 radical (unpaired) electrons. The highest BCUT2D eigenvalue weighted by Crippen LogP contribution is 2.21. The lowest BCUT2D eigenvalue weighted by Gasteiger charge is -2.16. The molecule has 2 rings (SSSR count). The fourth-order valence-electron chi connectivity index (χ4n) is 2.14. The lowest BCUT2D eigenvalue weighted by molar-refractivity contribution is 0.414. The molecule has 0 aliphatic carbocycles. The van der Waals surface area contributed by atoms with Crippen molar-refractivity contribution in [1.29, 1.82) is 0 Å². The molecule has 20 heavy (non-hydrogen) atoms. The molecule has 0 bridgehead atoms. The standard InChI is InChI=1S/C16H19ClN2O/c1-20-15-9-2-12(3-10-15)4-11-16(19-18)13-5-7-14(17)8-6-13/h2-3,5-10,16,19H,4,11,18H2,1H3. The van der Waals surface area contributed by atoms with Gasteiger partial charge in [0.05, 0.1) is 7.11 Å². The number of nitrogens with two attached hydrogens (primary N) is 1. The number of aryl methyl sites for hydroxylation is 1. The van der Waals surface area contributed by atoms with Crippen LogP contribution in [0, 0.1) is 0 Å². The fraction of sp³-hybridized carbons (Fsp3) is 0.250. The van der Waals surface area contributed by atoms with E-state index in [0.717, 1.165) is 29.2 Å². The molecule has 1 atom stereocenters. The third kappa shape index (κ3) is 3.97. The monoisotopic (exact) mass is 290 g/mol. The molecule has 106 valence electrons. The van der Waals surface area contributed by atoms with Crippen molar-refractivity contribution in [2.45, 2.75) is 18.9 Å². The number of benzene rings is 2. The number of ether oxygens (including phenoxy) is 1. The van der Waals surface area contributed by atoms with Gasteiger partial charge in [-0.25, -0.2) is 0 Å². The van der Waals surface area contributed by atoms with Gasteiger partial charge in [-0.05, 0) is 48.2 Å². The van der Waals surface area contributed by atoms with Crippen LogP contribution in [-0.4, -0.2) is 7.11 Å². The number of methoxy groups -OCH3 is 1. The van der Waals surface area contributed by atoms with Gasteiger partial charge in [-0.15, -0.1) is 0 Å². The maximum Gasteiger partial charge on any atom is 0.118 e. The van der Waals surface area contributed by atoms with Gasteiger partial charge in [-0.2, -0.15) is 0 Å². The highest BCUT2D eigenvalue weighted by molar-refractivity contribution is 6.30. The molecule has 2 aromatic carbocycles. The maximum atomic E-state index is 5.90. The Morgan fingerprint density at radius 3 is 2.30 bits per heavy atom. The largest absolute Gasteiger partial charge is 0.497 e. The SMILES string of the molecule is COc1ccc(CCC(NN)c2ccc(Cl)cc2)cc1. The molecule has 4 heteroatoms. The molecule has 0 saturated heterocycles. The molecule has 0 aliphatic rings. The fourth-order valence-corrected chi connectivity index (χ4v) is 2.27. The third-order valence-electron chi connectivity index (χ3n) is 3.35. The Labute approximate surface area is 124 Å². The summed E-state index contributed by atoms with van der Waals surface area (Å²) in [5.41, 5.74) is 5.27. The van der Waals surface area contributed by atoms with Crippen LogP contribution in [0.1, 0.15) is 23.6 Å². The molecule has 3 nitrogen and oxygen atoms in total. The summed E-state index contributed by atoms with van der Waals surface area (Å²) in [5.74, 6) is 6.52. The Kier molecular flexibility index (Phi) is 5.41. The second-order valence-corrected chi connectivity index (χ2v) is 5.09. The van der Waals surface area contributed by atoms with Crippen LogP contribution in [0.5, 0.6) is 5.75 Å². The zero-order valence-electron chi connectivity index (χ0n) is 11.5. The minimum atomic E-state index is 0.120. The normalized spacial score (nSPS) is 12.2. The Morgan fingerprint density at radius 2 is 1.75 bits per heavy atom. The third-order valence-corrected chi connectivity index (χ3v) is 3.61. The van der Waals surface area contributed by atoms with Gasteiger partial charge in [-0.1, -0.05) is 35.9 Å². The van der Waals surface area contributed by atoms with Crippen LogP contribution in [0.4, 0.5) is 0 Å². The molecule has 0 aliphatic heterocycles. The molecule has 0 aromatic heterocycles. The first-order valence-electron chi connectivity index (χ1n) is 6.57. The summed E-state index contributed by atoms with van der Waals surface area (Å²) in [6.07, 6.45) is 1.87. The van der Waals surface area contributed by atoms with E-state index in [1.54, 1.807) is 7.11 Å². The zero-order chi connectivity index (χ0) is 14.4. The molecule has 0 heterocycles. The van der Waals surface area contributed by atoms with E-state index >= 15 is 0 Å². The highest BCUT2D eigenvalue weighted by atomic mass is 35.5. The second-order valence-electron chi connectivity index (χ2n) is 4.66. The summed E-state index contributed by atoms with van der Waals surface area (Å²) in [7, 11) is 1.67. The summed E-state index contributed by atoms with van der Waals surface area (Å²) < 4.78 is 5.15. The second kappa shape index (κ2) is 7.29. The first-order chi connectivity index (χ1) is 9.72. The van der Waals surface area contributed by atoms with Crippen molar-refractivity contribution in [3.63, 3.8) is 0 Å². The van der Waals surface area contributed by atoms with E-state index in [4.69, 9.17) is 22.2 Å². The van der Waals surface area contributed by atoms with Crippen molar-refractivity contribution >= 4 is 11.6 Å². The number of hydrazine groups is 1. The van der Waals surface area contributed by atoms with Crippen LogP contribution in [0.3, 0.4) is 0 Å². The number of nitrogens with one attached hydrogen (secondary N) is 1. The lowest BCUT2D eigenvalue weighted by atomic mass is 9.99. The average molecular weight is 291 g/mol. The Morgan fingerprint density at radius 1 is 1.10 bits per heavy atom. The van der Waals surface area contributed by atoms with Crippen molar-refractivity contribution in [1.82, 2.24) is 5.43 Å². The molecule has 0 amide bonds. The summed E-state index contributed by atoms with van der Waals surface area (Å²) in [5, 5.41) is 0.736. The van der Waals surface area contributed by atoms with E-state index in [-0.39, 0.29) is 6.04 Å². The van der Waals surface area contributed by atoms with Crippen molar-refractivity contribution in [3.05, 3.63) is 64.7 Å². The maximum absolute atomic E-state index is 5.90. The van der Waals surface area contributed by atoms with Gasteiger partial charge < -0.3 is 4.74 Å². The smallest absolute Gasteiger partial charge is 0.118 e. The predicted molar refractivity (Wildman–Crippen MR) is 82.8 cm³/mol. The van der Waals surface area contributed by atoms with Crippen molar-refractivity contribution < 1.29 is 4.74 Å². The molecule has 1 unspecified atom stereocenters. The minimum absolute atomic E-state index is 0.120. The molecule has 3 N–H and O–H groups in total. The van der Waals surface area contributed by atoms with Crippen molar-refractivity contribution in [3.8, 4) is 5.75 Å². The van der Waals surface area contributed by atoms with Crippen LogP contribution in [-0.2, 0) is 6.42 Å². The first-order valence-corrected chi connectivity index (χ1v) is 6.95. The van der Waals surface area contributed by atoms with Crippen molar-refractivity contribution in [2.75, 3.05) is 7.11 Å². The van der Waals surface area contributed by atoms with E-state index in [1.165, 1.54) is 5.56 Å². The summed E-state index contributed by atoms with van der Waals surface area (Å²) >= 11 is 5.90. The average Bonchev–Trinajstić information content (AvgIpc) is 2.50. The van der Waals surface area contributed by atoms with Gasteiger partial charge in [0, 0.05) is 11.1 Å². The summed E-state index contributed by atoms with van der Waals surface area (Å²) in [4.78, 5) is 0. The van der Waals surface area contributed by atoms with Crippen LogP contribution in [0.25, 0.3) is 0 Å². The summed E-state index contributed by atoms with van der Waals surface area (Å²) in [6.45, 7) is 0. The van der Waals surface area contributed by atoms with Gasteiger partial charge in [0.15, 0.2) is 0 Å². The summed E-state index contributed by atoms with van der Waals surface area (Å²) in [6, 6.07) is 16.0. The van der Waals surface area contributed by atoms with Gasteiger partial charge in [-0.3, -0.25) is 11.3 Å². The zero-order valence-corrected chi connectivity index (χ0v) is 12.2. The van der Waals surface area contributed by atoms with E-state index in [9.17, 15) is 0 Å². The van der Waals surface area contributed by atoms with Crippen molar-refractivity contribution in [2.24, 2.45) is 5.84 Å². The topological polar surface area (TPSA) is 47.3 Å². The number of halogens is 1. The van der Waals surface area contributed by atoms with E-state index < -0.39 is 0 Å². The highest BCUT2D eigenvalue weighted by Gasteiger charge is 2.09. The molecule has 2 aromatic rings. The number of rotatable bonds is 6. The van der Waals surface area contributed by atoms with Crippen LogP contribution < -0.4 is 16.0 Å². The van der Waals surface area contributed by atoms with E-state index in [0.29, 0.717) is 0 Å². The lowest BCUT2D eigenvalue weighted by Crippen LogP contribution is -2.28. The van der Waals surface area contributed by atoms with Gasteiger partial charge in [0.2, 0.25) is 0 Å². The van der Waals surface area contributed by atoms with Crippen LogP contribution in [0.2, 0.25) is 5.02 Å². The molecule has 0 fully saturated rings. The Balaban J connectivity index is 1.97. The Hall–Kier alpha value is -1.55. The number of hydrogen-bond donors (Lipinski definition) is 2. The Bertz CT molecular complexity index is 525. The predicted octanol–water partition coefficient (Wildman–Crippen LogP) is 3.49. The van der Waals surface area contributed by atoms with E-state index in [1.807, 2.05) is 36.4 Å². The molecule has 0 spiro atoms. The molecular formula is C16H19ClN2O. The molecular weight excluding hydrogens is 272 g/mol. The quantitative estimate of drug-likeness (QED) is 0.632. The number of hydrogen-bond acceptors (Lipinski definition) is 3. The first kappa shape index (κ1) is 14.9. The van der Waals surface area contributed by atoms with Gasteiger partial charge >= 0.3 is 0 Å². The van der Waals surface area contributed by atoms with Crippen LogP contribution in [0.15, 0.2) is 48.5 Å². The van der Waals surface area contributed by atoms with Crippen LogP contribution >= 0.6 is 11.6 Å².